The predicted molar refractivity (Wildman–Crippen MR) is 177 cm³/mol. The molecule has 2 N–H and O–H groups in total. The number of aromatic nitrogens is 4. The molecule has 0 saturated heterocycles. The van der Waals surface area contributed by atoms with Gasteiger partial charge in [0.05, 0.1) is 38.2 Å². The summed E-state index contributed by atoms with van der Waals surface area (Å²) in [6.07, 6.45) is 0. The van der Waals surface area contributed by atoms with E-state index >= 15 is 0 Å². The molecule has 0 aliphatic carbocycles. The fraction of sp³-hybridized carbons (Fsp3) is 0.219. The Hall–Kier alpha value is -3.67. The lowest BCUT2D eigenvalue weighted by molar-refractivity contribution is -0.169. The number of H-pyrrole nitrogens is 1. The minimum absolute atomic E-state index is 0.232. The number of rotatable bonds is 4. The molecule has 0 amide bonds. The number of esters is 1. The quantitative estimate of drug-likeness (QED) is 0.188. The van der Waals surface area contributed by atoms with Crippen molar-refractivity contribution in [1.82, 2.24) is 20.2 Å². The van der Waals surface area contributed by atoms with Gasteiger partial charge in [0.1, 0.15) is 0 Å². The summed E-state index contributed by atoms with van der Waals surface area (Å²) in [5.74, 6) is -2.26. The van der Waals surface area contributed by atoms with Gasteiger partial charge in [0.15, 0.2) is 0 Å². The molecule has 0 bridgehead atoms. The number of hydrogen-bond donors (Lipinski definition) is 2. The van der Waals surface area contributed by atoms with Gasteiger partial charge in [-0.15, -0.1) is 22.7 Å². The van der Waals surface area contributed by atoms with Crippen LogP contribution in [-0.2, 0) is 9.53 Å². The summed E-state index contributed by atoms with van der Waals surface area (Å²) >= 11 is 15.0. The molecule has 0 spiro atoms. The highest BCUT2D eigenvalue weighted by Crippen LogP contribution is 2.44. The molecule has 4 heterocycles. The molecule has 12 heteroatoms. The lowest BCUT2D eigenvalue weighted by Crippen LogP contribution is -2.26. The number of aryl methyl sites for hydroxylation is 5. The Kier molecular flexibility index (Phi) is 8.93. The van der Waals surface area contributed by atoms with E-state index in [0.29, 0.717) is 38.0 Å². The predicted octanol–water partition coefficient (Wildman–Crippen LogP) is 7.73. The van der Waals surface area contributed by atoms with E-state index in [0.717, 1.165) is 42.3 Å². The zero-order valence-electron chi connectivity index (χ0n) is 24.7. The Morgan fingerprint density at radius 1 is 0.773 bits per heavy atom. The summed E-state index contributed by atoms with van der Waals surface area (Å²) in [4.78, 5) is 35.6. The minimum Gasteiger partial charge on any atom is -0.425 e. The molecule has 44 heavy (non-hydrogen) atoms. The highest BCUT2D eigenvalue weighted by Gasteiger charge is 2.45. The third-order valence-corrected chi connectivity index (χ3v) is 9.20. The van der Waals surface area contributed by atoms with E-state index in [1.165, 1.54) is 18.3 Å². The van der Waals surface area contributed by atoms with E-state index < -0.39 is 11.8 Å². The van der Waals surface area contributed by atoms with E-state index in [4.69, 9.17) is 27.9 Å². The number of benzene rings is 2. The highest BCUT2D eigenvalue weighted by molar-refractivity contribution is 7.12. The second kappa shape index (κ2) is 12.4. The molecule has 0 radical (unpaired) electrons. The minimum atomic E-state index is -1.69. The molecule has 1 unspecified atom stereocenters. The number of nitrogens with one attached hydrogen (secondary N) is 1. The molecule has 6 rings (SSSR count). The number of carbonyl (C=O) groups is 1. The van der Waals surface area contributed by atoms with Gasteiger partial charge < -0.3 is 9.84 Å². The Bertz CT molecular complexity index is 1970. The van der Waals surface area contributed by atoms with Crippen molar-refractivity contribution < 1.29 is 14.6 Å². The van der Waals surface area contributed by atoms with Gasteiger partial charge >= 0.3 is 5.97 Å². The van der Waals surface area contributed by atoms with Crippen LogP contribution in [0.15, 0.2) is 53.3 Å². The third-order valence-electron chi connectivity index (χ3n) is 6.92. The van der Waals surface area contributed by atoms with Crippen LogP contribution in [0.1, 0.15) is 43.6 Å². The number of aliphatic hydroxyl groups is 1. The van der Waals surface area contributed by atoms with E-state index in [1.54, 1.807) is 47.7 Å². The third kappa shape index (κ3) is 6.27. The molecule has 2 aromatic carbocycles. The molecule has 0 saturated carbocycles. The van der Waals surface area contributed by atoms with E-state index in [1.807, 2.05) is 46.8 Å². The van der Waals surface area contributed by atoms with Crippen LogP contribution < -0.4 is 5.56 Å². The topological polar surface area (TPSA) is 118 Å². The van der Waals surface area contributed by atoms with Gasteiger partial charge in [-0.2, -0.15) is 5.10 Å². The van der Waals surface area contributed by atoms with Crippen molar-refractivity contribution in [2.45, 2.75) is 47.3 Å². The largest absolute Gasteiger partial charge is 0.425 e. The van der Waals surface area contributed by atoms with Gasteiger partial charge in [-0.3, -0.25) is 4.79 Å². The average Bonchev–Trinajstić information content (AvgIpc) is 3.55. The molecule has 0 fully saturated rings. The van der Waals surface area contributed by atoms with Crippen LogP contribution in [-0.4, -0.2) is 37.0 Å². The van der Waals surface area contributed by atoms with Gasteiger partial charge in [-0.05, 0) is 70.0 Å². The molecule has 1 aliphatic heterocycles. The molecule has 8 nitrogen and oxygen atoms in total. The zero-order chi connectivity index (χ0) is 31.9. The van der Waals surface area contributed by atoms with Gasteiger partial charge in [0, 0.05) is 37.9 Å². The normalized spacial score (nSPS) is 16.2. The van der Waals surface area contributed by atoms with E-state index in [2.05, 4.69) is 20.2 Å². The zero-order valence-corrected chi connectivity index (χ0v) is 27.8. The fourth-order valence-corrected chi connectivity index (χ4v) is 7.02. The molecule has 3 aromatic heterocycles. The molecule has 1 atom stereocenters. The first kappa shape index (κ1) is 31.7. The summed E-state index contributed by atoms with van der Waals surface area (Å²) in [5, 5.41) is 20.2. The first-order valence-electron chi connectivity index (χ1n) is 13.5. The summed E-state index contributed by atoms with van der Waals surface area (Å²) in [5.41, 5.74) is 5.49. The maximum absolute atomic E-state index is 12.4. The van der Waals surface area contributed by atoms with Gasteiger partial charge in [0.2, 0.25) is 5.79 Å². The van der Waals surface area contributed by atoms with Crippen LogP contribution >= 0.6 is 45.9 Å². The second-order valence-corrected chi connectivity index (χ2v) is 14.0. The monoisotopic (exact) mass is 666 g/mol. The SMILES string of the molecule is Cc1nc(-c2c(-c3ccc(Cl)cc3)c(C)n[nH]c2=O)c(C)s1.Cc1nc(C2=C(c3ccc(Cl)cc3)C(C)(O)OC2=O)c(C)s1. The Labute approximate surface area is 272 Å². The number of halogens is 2. The Morgan fingerprint density at radius 2 is 1.27 bits per heavy atom. The second-order valence-electron chi connectivity index (χ2n) is 10.3. The van der Waals surface area contributed by atoms with Crippen molar-refractivity contribution >= 4 is 63.0 Å². The summed E-state index contributed by atoms with van der Waals surface area (Å²) < 4.78 is 5.15. The number of hydrogen-bond acceptors (Lipinski definition) is 9. The van der Waals surface area contributed by atoms with Crippen LogP contribution in [0, 0.1) is 34.6 Å². The number of cyclic esters (lactones) is 1. The fourth-order valence-electron chi connectivity index (χ4n) is 5.12. The maximum Gasteiger partial charge on any atom is 0.343 e. The number of thiazole rings is 2. The standard InChI is InChI=1S/C16H14ClN3OS.C16H14ClNO3S/c1-8-13(11-4-6-12(17)7-5-11)14(16(21)20-19-8)15-9(2)22-10(3)18-15;1-8-14(18-9(2)22-8)12-13(16(3,20)21-15(12)19)10-4-6-11(17)7-5-10/h4-7H,1-3H3,(H,20,21);4-7,20H,1-3H3. The van der Waals surface area contributed by atoms with E-state index in [9.17, 15) is 14.7 Å². The van der Waals surface area contributed by atoms with Crippen molar-refractivity contribution in [3.05, 3.63) is 106 Å². The first-order valence-corrected chi connectivity index (χ1v) is 15.9. The number of aromatic amines is 1. The molecule has 226 valence electrons. The number of carbonyl (C=O) groups excluding carboxylic acids is 1. The van der Waals surface area contributed by atoms with Crippen LogP contribution in [0.4, 0.5) is 0 Å². The van der Waals surface area contributed by atoms with Gasteiger partial charge in [-0.25, -0.2) is 19.9 Å². The molecular weight excluding hydrogens is 639 g/mol. The Morgan fingerprint density at radius 3 is 1.77 bits per heavy atom. The summed E-state index contributed by atoms with van der Waals surface area (Å²) in [7, 11) is 0. The molecule has 1 aliphatic rings. The van der Waals surface area contributed by atoms with Crippen molar-refractivity contribution in [2.24, 2.45) is 0 Å². The Balaban J connectivity index is 0.000000175. The van der Waals surface area contributed by atoms with Crippen molar-refractivity contribution in [2.75, 3.05) is 0 Å². The maximum atomic E-state index is 12.4. The van der Waals surface area contributed by atoms with Gasteiger partial charge in [0.25, 0.3) is 5.56 Å². The first-order chi connectivity index (χ1) is 20.8. The van der Waals surface area contributed by atoms with Crippen LogP contribution in [0.5, 0.6) is 0 Å². The van der Waals surface area contributed by atoms with Crippen LogP contribution in [0.2, 0.25) is 10.0 Å². The average molecular weight is 668 g/mol. The molecule has 5 aromatic rings. The summed E-state index contributed by atoms with van der Waals surface area (Å²) in [6.45, 7) is 11.0. The smallest absolute Gasteiger partial charge is 0.343 e. The lowest BCUT2D eigenvalue weighted by atomic mass is 9.94. The van der Waals surface area contributed by atoms with Crippen molar-refractivity contribution in [1.29, 1.82) is 0 Å². The van der Waals surface area contributed by atoms with Crippen LogP contribution in [0.3, 0.4) is 0 Å². The van der Waals surface area contributed by atoms with Gasteiger partial charge in [-0.1, -0.05) is 47.5 Å². The number of nitrogens with zero attached hydrogens (tertiary/aromatic N) is 3. The van der Waals surface area contributed by atoms with E-state index in [-0.39, 0.29) is 5.56 Å². The summed E-state index contributed by atoms with van der Waals surface area (Å²) in [6, 6.07) is 14.3. The highest BCUT2D eigenvalue weighted by atomic mass is 35.5. The van der Waals surface area contributed by atoms with Crippen molar-refractivity contribution in [3.63, 3.8) is 0 Å². The lowest BCUT2D eigenvalue weighted by Gasteiger charge is -2.19. The van der Waals surface area contributed by atoms with Crippen LogP contribution in [0.25, 0.3) is 33.5 Å². The number of ether oxygens (including phenoxy) is 1. The molecular formula is C32H28Cl2N4O4S2. The van der Waals surface area contributed by atoms with Crippen molar-refractivity contribution in [3.8, 4) is 22.4 Å².